The lowest BCUT2D eigenvalue weighted by Gasteiger charge is -2.15. The van der Waals surface area contributed by atoms with Crippen LogP contribution in [0, 0.1) is 11.8 Å². The fourth-order valence-electron chi connectivity index (χ4n) is 2.11. The van der Waals surface area contributed by atoms with Gasteiger partial charge in [-0.05, 0) is 31.3 Å². The summed E-state index contributed by atoms with van der Waals surface area (Å²) in [6, 6.07) is 0. The number of imidazole rings is 1. The van der Waals surface area contributed by atoms with Crippen LogP contribution in [0.1, 0.15) is 32.9 Å². The standard InChI is InChI=1S/C14H23N3S/c1-4-12(9-15-8-11(2)3)7-13-10-17-5-6-18-14(17)16-13/h5-6,10-12,15H,4,7-9H2,1-3H3. The van der Waals surface area contributed by atoms with Crippen LogP contribution in [-0.2, 0) is 6.42 Å². The molecule has 0 saturated heterocycles. The third kappa shape index (κ3) is 3.56. The van der Waals surface area contributed by atoms with Gasteiger partial charge >= 0.3 is 0 Å². The Balaban J connectivity index is 1.87. The first-order valence-electron chi connectivity index (χ1n) is 6.80. The highest BCUT2D eigenvalue weighted by molar-refractivity contribution is 7.15. The molecule has 0 amide bonds. The first-order valence-corrected chi connectivity index (χ1v) is 7.68. The van der Waals surface area contributed by atoms with E-state index in [4.69, 9.17) is 0 Å². The second kappa shape index (κ2) is 6.34. The van der Waals surface area contributed by atoms with Crippen LogP contribution in [0.3, 0.4) is 0 Å². The van der Waals surface area contributed by atoms with Crippen molar-refractivity contribution in [1.82, 2.24) is 14.7 Å². The van der Waals surface area contributed by atoms with E-state index in [1.54, 1.807) is 11.3 Å². The zero-order chi connectivity index (χ0) is 13.0. The van der Waals surface area contributed by atoms with E-state index in [0.29, 0.717) is 5.92 Å². The Morgan fingerprint density at radius 2 is 2.22 bits per heavy atom. The third-order valence-electron chi connectivity index (χ3n) is 3.20. The Hall–Kier alpha value is -0.870. The topological polar surface area (TPSA) is 29.3 Å². The molecule has 100 valence electrons. The summed E-state index contributed by atoms with van der Waals surface area (Å²) in [7, 11) is 0. The maximum atomic E-state index is 4.66. The van der Waals surface area contributed by atoms with Crippen molar-refractivity contribution in [2.24, 2.45) is 11.8 Å². The lowest BCUT2D eigenvalue weighted by molar-refractivity contribution is 0.435. The van der Waals surface area contributed by atoms with E-state index in [9.17, 15) is 0 Å². The van der Waals surface area contributed by atoms with Gasteiger partial charge in [0.1, 0.15) is 0 Å². The highest BCUT2D eigenvalue weighted by Gasteiger charge is 2.10. The molecule has 0 spiro atoms. The second-order valence-electron chi connectivity index (χ2n) is 5.36. The molecule has 1 unspecified atom stereocenters. The summed E-state index contributed by atoms with van der Waals surface area (Å²) in [5.74, 6) is 1.41. The number of fused-ring (bicyclic) bond motifs is 1. The zero-order valence-corrected chi connectivity index (χ0v) is 12.3. The van der Waals surface area contributed by atoms with Gasteiger partial charge in [0.15, 0.2) is 4.96 Å². The van der Waals surface area contributed by atoms with Crippen molar-refractivity contribution in [3.8, 4) is 0 Å². The van der Waals surface area contributed by atoms with Crippen molar-refractivity contribution in [3.63, 3.8) is 0 Å². The van der Waals surface area contributed by atoms with Crippen LogP contribution in [0.15, 0.2) is 17.8 Å². The van der Waals surface area contributed by atoms with Gasteiger partial charge in [0.2, 0.25) is 0 Å². The molecule has 0 fully saturated rings. The van der Waals surface area contributed by atoms with Crippen molar-refractivity contribution in [2.45, 2.75) is 33.6 Å². The van der Waals surface area contributed by atoms with E-state index < -0.39 is 0 Å². The molecule has 18 heavy (non-hydrogen) atoms. The largest absolute Gasteiger partial charge is 0.316 e. The van der Waals surface area contributed by atoms with Crippen LogP contribution in [0.25, 0.3) is 4.96 Å². The van der Waals surface area contributed by atoms with E-state index in [1.807, 2.05) is 0 Å². The number of rotatable bonds is 7. The maximum absolute atomic E-state index is 4.66. The lowest BCUT2D eigenvalue weighted by atomic mass is 10.0. The van der Waals surface area contributed by atoms with Gasteiger partial charge in [-0.15, -0.1) is 11.3 Å². The number of nitrogens with one attached hydrogen (secondary N) is 1. The van der Waals surface area contributed by atoms with Gasteiger partial charge in [0.05, 0.1) is 5.69 Å². The molecule has 0 aliphatic carbocycles. The molecule has 2 heterocycles. The number of hydrogen-bond acceptors (Lipinski definition) is 3. The molecule has 2 rings (SSSR count). The SMILES string of the molecule is CCC(CNCC(C)C)Cc1cn2ccsc2n1. The Morgan fingerprint density at radius 3 is 2.89 bits per heavy atom. The molecule has 2 aromatic rings. The van der Waals surface area contributed by atoms with Gasteiger partial charge in [-0.3, -0.25) is 4.40 Å². The quantitative estimate of drug-likeness (QED) is 0.833. The van der Waals surface area contributed by atoms with Crippen molar-refractivity contribution in [1.29, 1.82) is 0 Å². The summed E-state index contributed by atoms with van der Waals surface area (Å²) in [6.07, 6.45) is 6.53. The maximum Gasteiger partial charge on any atom is 0.193 e. The van der Waals surface area contributed by atoms with Crippen LogP contribution in [0.2, 0.25) is 0 Å². The number of hydrogen-bond donors (Lipinski definition) is 1. The Kier molecular flexibility index (Phi) is 4.78. The number of nitrogens with zero attached hydrogens (tertiary/aromatic N) is 2. The minimum absolute atomic E-state index is 0.688. The molecule has 2 aromatic heterocycles. The first-order chi connectivity index (χ1) is 8.69. The van der Waals surface area contributed by atoms with E-state index in [2.05, 4.69) is 53.2 Å². The van der Waals surface area contributed by atoms with E-state index >= 15 is 0 Å². The fourth-order valence-corrected chi connectivity index (χ4v) is 2.83. The molecule has 0 aromatic carbocycles. The molecule has 0 radical (unpaired) electrons. The minimum Gasteiger partial charge on any atom is -0.316 e. The number of aromatic nitrogens is 2. The van der Waals surface area contributed by atoms with Crippen molar-refractivity contribution >= 4 is 16.3 Å². The van der Waals surface area contributed by atoms with Gasteiger partial charge in [0, 0.05) is 17.8 Å². The van der Waals surface area contributed by atoms with Gasteiger partial charge in [-0.25, -0.2) is 4.98 Å². The second-order valence-corrected chi connectivity index (χ2v) is 6.23. The molecule has 0 aliphatic heterocycles. The van der Waals surface area contributed by atoms with Crippen LogP contribution in [-0.4, -0.2) is 22.5 Å². The van der Waals surface area contributed by atoms with E-state index in [0.717, 1.165) is 30.4 Å². The van der Waals surface area contributed by atoms with Crippen molar-refractivity contribution in [2.75, 3.05) is 13.1 Å². The predicted molar refractivity (Wildman–Crippen MR) is 78.3 cm³/mol. The summed E-state index contributed by atoms with van der Waals surface area (Å²) in [6.45, 7) is 8.96. The Labute approximate surface area is 113 Å². The van der Waals surface area contributed by atoms with Gasteiger partial charge in [-0.2, -0.15) is 0 Å². The normalized spacial score (nSPS) is 13.6. The summed E-state index contributed by atoms with van der Waals surface area (Å²) < 4.78 is 2.12. The summed E-state index contributed by atoms with van der Waals surface area (Å²) >= 11 is 1.70. The monoisotopic (exact) mass is 265 g/mol. The first kappa shape index (κ1) is 13.6. The average molecular weight is 265 g/mol. The Morgan fingerprint density at radius 1 is 1.39 bits per heavy atom. The molecule has 1 N–H and O–H groups in total. The molecule has 0 bridgehead atoms. The van der Waals surface area contributed by atoms with Crippen LogP contribution < -0.4 is 5.32 Å². The number of thiazole rings is 1. The molecule has 3 nitrogen and oxygen atoms in total. The van der Waals surface area contributed by atoms with E-state index in [-0.39, 0.29) is 0 Å². The van der Waals surface area contributed by atoms with Gasteiger partial charge in [-0.1, -0.05) is 27.2 Å². The Bertz CT molecular complexity index is 444. The van der Waals surface area contributed by atoms with Crippen LogP contribution in [0.5, 0.6) is 0 Å². The molecule has 1 atom stereocenters. The molecular weight excluding hydrogens is 242 g/mol. The van der Waals surface area contributed by atoms with Gasteiger partial charge < -0.3 is 5.32 Å². The van der Waals surface area contributed by atoms with E-state index in [1.165, 1.54) is 12.1 Å². The van der Waals surface area contributed by atoms with Crippen molar-refractivity contribution < 1.29 is 0 Å². The highest BCUT2D eigenvalue weighted by atomic mass is 32.1. The highest BCUT2D eigenvalue weighted by Crippen LogP contribution is 2.15. The molecule has 0 aliphatic rings. The molecule has 4 heteroatoms. The van der Waals surface area contributed by atoms with Gasteiger partial charge in [0.25, 0.3) is 0 Å². The molecule has 0 saturated carbocycles. The predicted octanol–water partition coefficient (Wildman–Crippen LogP) is 3.21. The average Bonchev–Trinajstić information content (AvgIpc) is 2.87. The summed E-state index contributed by atoms with van der Waals surface area (Å²) in [5, 5.41) is 5.63. The zero-order valence-electron chi connectivity index (χ0n) is 11.5. The minimum atomic E-state index is 0.688. The summed E-state index contributed by atoms with van der Waals surface area (Å²) in [5.41, 5.74) is 1.22. The third-order valence-corrected chi connectivity index (χ3v) is 3.97. The molecular formula is C14H23N3S. The van der Waals surface area contributed by atoms with Crippen molar-refractivity contribution in [3.05, 3.63) is 23.5 Å². The summed E-state index contributed by atoms with van der Waals surface area (Å²) in [4.78, 5) is 5.76. The van der Waals surface area contributed by atoms with Crippen LogP contribution in [0.4, 0.5) is 0 Å². The lowest BCUT2D eigenvalue weighted by Crippen LogP contribution is -2.27. The fraction of sp³-hybridized carbons (Fsp3) is 0.643. The van der Waals surface area contributed by atoms with Crippen LogP contribution >= 0.6 is 11.3 Å². The smallest absolute Gasteiger partial charge is 0.193 e.